The third-order valence-electron chi connectivity index (χ3n) is 4.01. The number of rotatable bonds is 6. The van der Waals surface area contributed by atoms with Gasteiger partial charge in [0, 0.05) is 5.69 Å². The molecule has 2 aromatic carbocycles. The molecule has 0 aliphatic carbocycles. The van der Waals surface area contributed by atoms with Crippen LogP contribution in [-0.2, 0) is 22.4 Å². The van der Waals surface area contributed by atoms with E-state index in [1.165, 1.54) is 12.1 Å². The molecule has 5 heteroatoms. The van der Waals surface area contributed by atoms with Crippen LogP contribution in [0.5, 0.6) is 0 Å². The molecule has 2 aromatic rings. The van der Waals surface area contributed by atoms with Crippen LogP contribution in [0, 0.1) is 12.7 Å². The Morgan fingerprint density at radius 1 is 1.08 bits per heavy atom. The van der Waals surface area contributed by atoms with Gasteiger partial charge in [0.25, 0.3) is 5.91 Å². The molecule has 0 heterocycles. The molecule has 2 rings (SSSR count). The van der Waals surface area contributed by atoms with Crippen molar-refractivity contribution in [3.05, 3.63) is 64.5 Å². The average Bonchev–Trinajstić information content (AvgIpc) is 2.62. The van der Waals surface area contributed by atoms with Crippen molar-refractivity contribution in [1.29, 1.82) is 0 Å². The van der Waals surface area contributed by atoms with Gasteiger partial charge < -0.3 is 10.1 Å². The molecular formula is C20H22FNO3. The number of esters is 1. The Labute approximate surface area is 147 Å². The van der Waals surface area contributed by atoms with Crippen molar-refractivity contribution in [3.63, 3.8) is 0 Å². The third kappa shape index (κ3) is 4.66. The molecule has 0 aliphatic heterocycles. The lowest BCUT2D eigenvalue weighted by Gasteiger charge is -2.14. The van der Waals surface area contributed by atoms with Gasteiger partial charge in [-0.1, -0.05) is 38.1 Å². The van der Waals surface area contributed by atoms with Gasteiger partial charge in [0.15, 0.2) is 6.61 Å². The molecule has 0 saturated heterocycles. The van der Waals surface area contributed by atoms with Gasteiger partial charge in [0.2, 0.25) is 0 Å². The van der Waals surface area contributed by atoms with Crippen LogP contribution in [0.2, 0.25) is 0 Å². The Balaban J connectivity index is 2.01. The highest BCUT2D eigenvalue weighted by Crippen LogP contribution is 2.22. The Kier molecular flexibility index (Phi) is 6.28. The number of nitrogens with one attached hydrogen (secondary N) is 1. The molecule has 4 nitrogen and oxygen atoms in total. The SMILES string of the molecule is CCc1cccc(CC)c1NC(=O)COC(=O)c1ccc(C)c(F)c1. The number of halogens is 1. The summed E-state index contributed by atoms with van der Waals surface area (Å²) < 4.78 is 18.5. The van der Waals surface area contributed by atoms with Crippen LogP contribution < -0.4 is 5.32 Å². The van der Waals surface area contributed by atoms with Crippen LogP contribution in [0.4, 0.5) is 10.1 Å². The first-order valence-corrected chi connectivity index (χ1v) is 8.30. The van der Waals surface area contributed by atoms with Crippen LogP contribution in [0.25, 0.3) is 0 Å². The van der Waals surface area contributed by atoms with Crippen molar-refractivity contribution in [1.82, 2.24) is 0 Å². The van der Waals surface area contributed by atoms with E-state index in [9.17, 15) is 14.0 Å². The van der Waals surface area contributed by atoms with E-state index in [0.29, 0.717) is 5.56 Å². The van der Waals surface area contributed by atoms with Gasteiger partial charge in [-0.15, -0.1) is 0 Å². The summed E-state index contributed by atoms with van der Waals surface area (Å²) in [5.74, 6) is -1.63. The molecule has 0 atom stereocenters. The van der Waals surface area contributed by atoms with E-state index >= 15 is 0 Å². The van der Waals surface area contributed by atoms with Gasteiger partial charge >= 0.3 is 5.97 Å². The standard InChI is InChI=1S/C20H22FNO3/c1-4-14-7-6-8-15(5-2)19(14)22-18(23)12-25-20(24)16-10-9-13(3)17(21)11-16/h6-11H,4-5,12H2,1-3H3,(H,22,23). The van der Waals surface area contributed by atoms with Gasteiger partial charge in [0.1, 0.15) is 5.82 Å². The van der Waals surface area contributed by atoms with Gasteiger partial charge in [-0.3, -0.25) is 4.79 Å². The number of para-hydroxylation sites is 1. The maximum absolute atomic E-state index is 13.5. The van der Waals surface area contributed by atoms with E-state index < -0.39 is 24.3 Å². The lowest BCUT2D eigenvalue weighted by molar-refractivity contribution is -0.119. The van der Waals surface area contributed by atoms with Crippen molar-refractivity contribution in [2.45, 2.75) is 33.6 Å². The zero-order chi connectivity index (χ0) is 18.4. The highest BCUT2D eigenvalue weighted by atomic mass is 19.1. The first-order chi connectivity index (χ1) is 12.0. The average molecular weight is 343 g/mol. The molecule has 0 fully saturated rings. The topological polar surface area (TPSA) is 55.4 Å². The predicted octanol–water partition coefficient (Wildman–Crippen LogP) is 4.05. The Morgan fingerprint density at radius 3 is 2.28 bits per heavy atom. The highest BCUT2D eigenvalue weighted by Gasteiger charge is 2.14. The van der Waals surface area contributed by atoms with E-state index in [1.807, 2.05) is 32.0 Å². The van der Waals surface area contributed by atoms with Crippen LogP contribution in [-0.4, -0.2) is 18.5 Å². The maximum atomic E-state index is 13.5. The highest BCUT2D eigenvalue weighted by molar-refractivity contribution is 5.96. The van der Waals surface area contributed by atoms with E-state index in [0.717, 1.165) is 35.7 Å². The van der Waals surface area contributed by atoms with Gasteiger partial charge in [0.05, 0.1) is 5.56 Å². The molecule has 0 saturated carbocycles. The first-order valence-electron chi connectivity index (χ1n) is 8.30. The van der Waals surface area contributed by atoms with E-state index in [1.54, 1.807) is 6.92 Å². The van der Waals surface area contributed by atoms with Gasteiger partial charge in [-0.2, -0.15) is 0 Å². The van der Waals surface area contributed by atoms with Gasteiger partial charge in [-0.25, -0.2) is 9.18 Å². The number of aryl methyl sites for hydroxylation is 3. The molecule has 132 valence electrons. The summed E-state index contributed by atoms with van der Waals surface area (Å²) in [5.41, 5.74) is 3.35. The Morgan fingerprint density at radius 2 is 1.72 bits per heavy atom. The predicted molar refractivity (Wildman–Crippen MR) is 95.2 cm³/mol. The minimum atomic E-state index is -0.728. The minimum absolute atomic E-state index is 0.0825. The Hall–Kier alpha value is -2.69. The van der Waals surface area contributed by atoms with Crippen molar-refractivity contribution in [3.8, 4) is 0 Å². The number of anilines is 1. The zero-order valence-electron chi connectivity index (χ0n) is 14.7. The molecule has 0 spiro atoms. The molecule has 0 unspecified atom stereocenters. The van der Waals surface area contributed by atoms with Crippen LogP contribution >= 0.6 is 0 Å². The maximum Gasteiger partial charge on any atom is 0.338 e. The first kappa shape index (κ1) is 18.6. The Bertz CT molecular complexity index is 764. The van der Waals surface area contributed by atoms with Crippen LogP contribution in [0.3, 0.4) is 0 Å². The largest absolute Gasteiger partial charge is 0.452 e. The molecule has 25 heavy (non-hydrogen) atoms. The number of carbonyl (C=O) groups is 2. The van der Waals surface area contributed by atoms with E-state index in [-0.39, 0.29) is 5.56 Å². The zero-order valence-corrected chi connectivity index (χ0v) is 14.7. The summed E-state index contributed by atoms with van der Waals surface area (Å²) in [6.07, 6.45) is 1.57. The molecule has 0 bridgehead atoms. The third-order valence-corrected chi connectivity index (χ3v) is 4.01. The molecule has 0 aromatic heterocycles. The second kappa shape index (κ2) is 8.42. The van der Waals surface area contributed by atoms with E-state index in [2.05, 4.69) is 5.32 Å². The minimum Gasteiger partial charge on any atom is -0.452 e. The summed E-state index contributed by atoms with van der Waals surface area (Å²) in [6, 6.07) is 9.94. The van der Waals surface area contributed by atoms with Crippen molar-refractivity contribution in [2.24, 2.45) is 0 Å². The second-order valence-electron chi connectivity index (χ2n) is 5.75. The van der Waals surface area contributed by atoms with E-state index in [4.69, 9.17) is 4.74 Å². The van der Waals surface area contributed by atoms with Crippen LogP contribution in [0.15, 0.2) is 36.4 Å². The number of carbonyl (C=O) groups excluding carboxylic acids is 2. The number of amides is 1. The summed E-state index contributed by atoms with van der Waals surface area (Å²) in [4.78, 5) is 24.1. The quantitative estimate of drug-likeness (QED) is 0.805. The molecule has 0 aliphatic rings. The summed E-state index contributed by atoms with van der Waals surface area (Å²) in [7, 11) is 0. The fourth-order valence-corrected chi connectivity index (χ4v) is 2.51. The van der Waals surface area contributed by atoms with Crippen molar-refractivity contribution >= 4 is 17.6 Å². The molecule has 1 N–H and O–H groups in total. The fourth-order valence-electron chi connectivity index (χ4n) is 2.51. The normalized spacial score (nSPS) is 10.4. The number of hydrogen-bond acceptors (Lipinski definition) is 3. The molecule has 0 radical (unpaired) electrons. The van der Waals surface area contributed by atoms with Crippen LogP contribution in [0.1, 0.15) is 40.9 Å². The summed E-state index contributed by atoms with van der Waals surface area (Å²) in [5, 5.41) is 2.82. The molecule has 1 amide bonds. The smallest absolute Gasteiger partial charge is 0.338 e. The van der Waals surface area contributed by atoms with Crippen molar-refractivity contribution < 1.29 is 18.7 Å². The summed E-state index contributed by atoms with van der Waals surface area (Å²) in [6.45, 7) is 5.21. The molecular weight excluding hydrogens is 321 g/mol. The second-order valence-corrected chi connectivity index (χ2v) is 5.75. The monoisotopic (exact) mass is 343 g/mol. The van der Waals surface area contributed by atoms with Crippen molar-refractivity contribution in [2.75, 3.05) is 11.9 Å². The lowest BCUT2D eigenvalue weighted by Crippen LogP contribution is -2.22. The fraction of sp³-hybridized carbons (Fsp3) is 0.300. The van der Waals surface area contributed by atoms with Gasteiger partial charge in [-0.05, 0) is 48.6 Å². The number of benzene rings is 2. The summed E-state index contributed by atoms with van der Waals surface area (Å²) >= 11 is 0. The number of ether oxygens (including phenoxy) is 1. The number of hydrogen-bond donors (Lipinski definition) is 1. The lowest BCUT2D eigenvalue weighted by atomic mass is 10.0.